The first-order valence-corrected chi connectivity index (χ1v) is 7.93. The molecular weight excluding hydrogens is 310 g/mol. The molecule has 8 nitrogen and oxygen atoms in total. The number of pyridine rings is 1. The Hall–Kier alpha value is -2.35. The van der Waals surface area contributed by atoms with Crippen LogP contribution < -0.4 is 16.8 Å². The fourth-order valence-corrected chi connectivity index (χ4v) is 3.47. The van der Waals surface area contributed by atoms with Crippen molar-refractivity contribution >= 4 is 17.7 Å². The van der Waals surface area contributed by atoms with Crippen LogP contribution in [0.1, 0.15) is 43.2 Å². The number of piperidine rings is 1. The van der Waals surface area contributed by atoms with Gasteiger partial charge in [-0.3, -0.25) is 14.7 Å². The largest absolute Gasteiger partial charge is 0.444 e. The molecule has 3 fully saturated rings. The third-order valence-electron chi connectivity index (χ3n) is 4.46. The van der Waals surface area contributed by atoms with Crippen molar-refractivity contribution in [2.45, 2.75) is 44.4 Å². The smallest absolute Gasteiger partial charge is 0.411 e. The Morgan fingerprint density at radius 3 is 2.75 bits per heavy atom. The van der Waals surface area contributed by atoms with Gasteiger partial charge in [-0.15, -0.1) is 0 Å². The van der Waals surface area contributed by atoms with E-state index in [-0.39, 0.29) is 23.4 Å². The number of fused-ring (bicyclic) bond motifs is 2. The molecule has 1 aromatic heterocycles. The highest BCUT2D eigenvalue weighted by Crippen LogP contribution is 2.47. The zero-order valence-corrected chi connectivity index (χ0v) is 14.1. The number of amides is 2. The number of nitrogen functional groups attached to an aromatic ring is 1. The van der Waals surface area contributed by atoms with Gasteiger partial charge in [-0.05, 0) is 33.3 Å². The number of nitrogens with zero attached hydrogens (tertiary/aromatic N) is 2. The maximum absolute atomic E-state index is 12.7. The van der Waals surface area contributed by atoms with E-state index in [0.29, 0.717) is 18.8 Å². The first-order chi connectivity index (χ1) is 11.1. The van der Waals surface area contributed by atoms with Gasteiger partial charge in [0.2, 0.25) is 0 Å². The molecule has 24 heavy (non-hydrogen) atoms. The van der Waals surface area contributed by atoms with E-state index in [9.17, 15) is 9.59 Å². The number of aromatic nitrogens is 1. The van der Waals surface area contributed by atoms with E-state index in [1.54, 1.807) is 11.0 Å². The van der Waals surface area contributed by atoms with Crippen LogP contribution >= 0.6 is 0 Å². The number of hydrogen-bond donors (Lipinski definition) is 3. The number of primary amides is 1. The van der Waals surface area contributed by atoms with Crippen molar-refractivity contribution in [2.24, 2.45) is 5.73 Å². The molecular formula is C16H23N5O3. The molecule has 0 radical (unpaired) electrons. The number of nitrogens with one attached hydrogen (secondary N) is 1. The number of hydrogen-bond acceptors (Lipinski definition) is 6. The summed E-state index contributed by atoms with van der Waals surface area (Å²) < 4.78 is 5.54. The quantitative estimate of drug-likeness (QED) is 0.727. The number of anilines is 1. The van der Waals surface area contributed by atoms with Crippen LogP contribution in [-0.2, 0) is 10.3 Å². The number of rotatable bonds is 2. The second kappa shape index (κ2) is 5.34. The summed E-state index contributed by atoms with van der Waals surface area (Å²) in [7, 11) is 0. The number of nitrogens with two attached hydrogens (primary N) is 2. The molecule has 2 atom stereocenters. The monoisotopic (exact) mass is 333 g/mol. The van der Waals surface area contributed by atoms with Gasteiger partial charge in [-0.2, -0.15) is 0 Å². The zero-order valence-electron chi connectivity index (χ0n) is 14.1. The van der Waals surface area contributed by atoms with E-state index in [1.165, 1.54) is 6.20 Å². The average molecular weight is 333 g/mol. The molecule has 0 aromatic carbocycles. The maximum atomic E-state index is 12.7. The Balaban J connectivity index is 1.97. The lowest BCUT2D eigenvalue weighted by atomic mass is 9.72. The van der Waals surface area contributed by atoms with Gasteiger partial charge in [0.25, 0.3) is 5.91 Å². The van der Waals surface area contributed by atoms with Crippen LogP contribution in [0, 0.1) is 0 Å². The Labute approximate surface area is 140 Å². The highest BCUT2D eigenvalue weighted by atomic mass is 16.6. The average Bonchev–Trinajstić information content (AvgIpc) is 2.45. The number of carbonyl (C=O) groups excluding carboxylic acids is 2. The van der Waals surface area contributed by atoms with Gasteiger partial charge in [0, 0.05) is 13.1 Å². The van der Waals surface area contributed by atoms with Gasteiger partial charge in [-0.1, -0.05) is 0 Å². The molecule has 2 unspecified atom stereocenters. The minimum Gasteiger partial charge on any atom is -0.444 e. The first kappa shape index (κ1) is 16.5. The molecule has 130 valence electrons. The first-order valence-electron chi connectivity index (χ1n) is 7.93. The molecule has 2 amide bonds. The minimum absolute atomic E-state index is 0.0463. The lowest BCUT2D eigenvalue weighted by Crippen LogP contribution is -2.76. The zero-order chi connectivity index (χ0) is 17.7. The summed E-state index contributed by atoms with van der Waals surface area (Å²) in [5.41, 5.74) is 11.0. The molecule has 0 saturated carbocycles. The molecule has 8 heteroatoms. The minimum atomic E-state index is -0.636. The topological polar surface area (TPSA) is 124 Å². The van der Waals surface area contributed by atoms with E-state index in [0.717, 1.165) is 6.42 Å². The number of piperazine rings is 1. The molecule has 5 N–H and O–H groups in total. The van der Waals surface area contributed by atoms with Gasteiger partial charge in [0.1, 0.15) is 11.1 Å². The molecule has 1 aromatic rings. The van der Waals surface area contributed by atoms with Crippen LogP contribution in [0.15, 0.2) is 12.3 Å². The maximum Gasteiger partial charge on any atom is 0.411 e. The summed E-state index contributed by atoms with van der Waals surface area (Å²) in [6.07, 6.45) is 1.80. The molecule has 2 bridgehead atoms. The van der Waals surface area contributed by atoms with Crippen molar-refractivity contribution in [3.63, 3.8) is 0 Å². The van der Waals surface area contributed by atoms with Crippen LogP contribution in [0.4, 0.5) is 10.5 Å². The summed E-state index contributed by atoms with van der Waals surface area (Å²) in [4.78, 5) is 30.3. The Morgan fingerprint density at radius 2 is 2.17 bits per heavy atom. The molecule has 3 aliphatic rings. The second-order valence-electron chi connectivity index (χ2n) is 7.39. The highest BCUT2D eigenvalue weighted by Gasteiger charge is 2.59. The van der Waals surface area contributed by atoms with E-state index < -0.39 is 17.0 Å². The SMILES string of the molecule is CC(C)(C)OC(=O)N1C2CNCC1(c1cc(C(N)=O)c(N)cn1)C2. The van der Waals surface area contributed by atoms with E-state index >= 15 is 0 Å². The fraction of sp³-hybridized carbons (Fsp3) is 0.562. The number of ether oxygens (including phenoxy) is 1. The van der Waals surface area contributed by atoms with Crippen molar-refractivity contribution in [2.75, 3.05) is 18.8 Å². The molecule has 4 heterocycles. The van der Waals surface area contributed by atoms with Gasteiger partial charge < -0.3 is 21.5 Å². The lowest BCUT2D eigenvalue weighted by molar-refractivity contribution is -0.105. The normalized spacial score (nSPS) is 25.8. The lowest BCUT2D eigenvalue weighted by Gasteiger charge is -2.61. The Kier molecular flexibility index (Phi) is 3.67. The molecule has 3 saturated heterocycles. The van der Waals surface area contributed by atoms with Gasteiger partial charge in [0.05, 0.1) is 29.2 Å². The van der Waals surface area contributed by atoms with Crippen molar-refractivity contribution < 1.29 is 14.3 Å². The Morgan fingerprint density at radius 1 is 1.46 bits per heavy atom. The summed E-state index contributed by atoms with van der Waals surface area (Å²) >= 11 is 0. The van der Waals surface area contributed by atoms with Crippen molar-refractivity contribution in [1.29, 1.82) is 0 Å². The number of carbonyl (C=O) groups is 2. The summed E-state index contributed by atoms with van der Waals surface area (Å²) in [5.74, 6) is -0.615. The third-order valence-corrected chi connectivity index (χ3v) is 4.46. The van der Waals surface area contributed by atoms with Crippen LogP contribution in [0.3, 0.4) is 0 Å². The summed E-state index contributed by atoms with van der Waals surface area (Å²) in [5, 5.41) is 3.30. The highest BCUT2D eigenvalue weighted by molar-refractivity contribution is 5.97. The van der Waals surface area contributed by atoms with E-state index in [4.69, 9.17) is 16.2 Å². The van der Waals surface area contributed by atoms with Crippen LogP contribution in [0.2, 0.25) is 0 Å². The van der Waals surface area contributed by atoms with Crippen molar-refractivity contribution in [1.82, 2.24) is 15.2 Å². The standard InChI is InChI=1S/C16H23N5O3/c1-15(2,3)24-14(23)21-9-5-16(21,8-19-6-9)12-4-10(13(18)22)11(17)7-20-12/h4,7,9,19H,5-6,8,17H2,1-3H3,(H2,18,22). The van der Waals surface area contributed by atoms with Crippen LogP contribution in [0.5, 0.6) is 0 Å². The predicted octanol–water partition coefficient (Wildman–Crippen LogP) is 0.571. The van der Waals surface area contributed by atoms with Gasteiger partial charge >= 0.3 is 6.09 Å². The molecule has 3 aliphatic heterocycles. The van der Waals surface area contributed by atoms with Gasteiger partial charge in [-0.25, -0.2) is 4.79 Å². The van der Waals surface area contributed by atoms with Crippen LogP contribution in [-0.4, -0.2) is 46.6 Å². The van der Waals surface area contributed by atoms with Crippen molar-refractivity contribution in [3.8, 4) is 0 Å². The van der Waals surface area contributed by atoms with Gasteiger partial charge in [0.15, 0.2) is 0 Å². The predicted molar refractivity (Wildman–Crippen MR) is 88.2 cm³/mol. The molecule has 4 rings (SSSR count). The Bertz CT molecular complexity index is 695. The molecule has 0 spiro atoms. The molecule has 0 aliphatic carbocycles. The fourth-order valence-electron chi connectivity index (χ4n) is 3.47. The van der Waals surface area contributed by atoms with Crippen LogP contribution in [0.25, 0.3) is 0 Å². The van der Waals surface area contributed by atoms with E-state index in [2.05, 4.69) is 10.3 Å². The summed E-state index contributed by atoms with van der Waals surface area (Å²) in [6.45, 7) is 6.74. The summed E-state index contributed by atoms with van der Waals surface area (Å²) in [6, 6.07) is 1.63. The van der Waals surface area contributed by atoms with E-state index in [1.807, 2.05) is 20.8 Å². The third kappa shape index (κ3) is 2.56. The second-order valence-corrected chi connectivity index (χ2v) is 7.39. The van der Waals surface area contributed by atoms with Crippen molar-refractivity contribution in [3.05, 3.63) is 23.5 Å².